The van der Waals surface area contributed by atoms with Crippen molar-refractivity contribution in [3.05, 3.63) is 0 Å². The normalized spacial score (nSPS) is 11.9. The van der Waals surface area contributed by atoms with Crippen LogP contribution in [-0.4, -0.2) is 25.5 Å². The quantitative estimate of drug-likeness (QED) is 0.590. The van der Waals surface area contributed by atoms with Crippen LogP contribution in [-0.2, 0) is 4.79 Å². The molecule has 0 radical (unpaired) electrons. The predicted molar refractivity (Wildman–Crippen MR) is 78.6 cm³/mol. The Kier molecular flexibility index (Phi) is 9.08. The van der Waals surface area contributed by atoms with Gasteiger partial charge in [0.05, 0.1) is 6.54 Å². The van der Waals surface area contributed by atoms with E-state index in [1.807, 2.05) is 0 Å². The number of amides is 1. The van der Waals surface area contributed by atoms with Crippen molar-refractivity contribution in [3.63, 3.8) is 0 Å². The van der Waals surface area contributed by atoms with Crippen molar-refractivity contribution in [2.75, 3.05) is 19.6 Å². The van der Waals surface area contributed by atoms with Gasteiger partial charge < -0.3 is 10.6 Å². The van der Waals surface area contributed by atoms with Gasteiger partial charge in [0.2, 0.25) is 5.91 Å². The molecule has 0 aromatic carbocycles. The van der Waals surface area contributed by atoms with Crippen LogP contribution in [0.2, 0.25) is 0 Å². The van der Waals surface area contributed by atoms with E-state index >= 15 is 0 Å². The fraction of sp³-hybridized carbons (Fsp3) is 0.933. The van der Waals surface area contributed by atoms with Crippen LogP contribution >= 0.6 is 0 Å². The molecular weight excluding hydrogens is 224 g/mol. The Balaban J connectivity index is 3.64. The molecule has 0 rings (SSSR count). The van der Waals surface area contributed by atoms with Crippen LogP contribution in [0.5, 0.6) is 0 Å². The maximum absolute atomic E-state index is 11.5. The third-order valence-corrected chi connectivity index (χ3v) is 3.05. The summed E-state index contributed by atoms with van der Waals surface area (Å²) in [5.74, 6) is 0.618. The zero-order valence-corrected chi connectivity index (χ0v) is 12.9. The molecule has 3 heteroatoms. The molecule has 0 atom stereocenters. The van der Waals surface area contributed by atoms with Crippen molar-refractivity contribution in [1.29, 1.82) is 0 Å². The smallest absolute Gasteiger partial charge is 0.233 e. The number of hydrogen-bond donors (Lipinski definition) is 2. The summed E-state index contributed by atoms with van der Waals surface area (Å²) in [4.78, 5) is 11.5. The Morgan fingerprint density at radius 2 is 1.89 bits per heavy atom. The second kappa shape index (κ2) is 9.37. The fourth-order valence-electron chi connectivity index (χ4n) is 1.84. The lowest BCUT2D eigenvalue weighted by molar-refractivity contribution is -0.120. The molecule has 2 N–H and O–H groups in total. The molecule has 108 valence electrons. The molecule has 0 aromatic rings. The van der Waals surface area contributed by atoms with Gasteiger partial charge in [-0.15, -0.1) is 0 Å². The standard InChI is InChI=1S/C15H32N2O/c1-6-7-8-9-15(4,5)12-16-11-14(18)17-10-13(2)3/h13,16H,6-12H2,1-5H3,(H,17,18). The molecule has 0 bridgehead atoms. The number of hydrogen-bond acceptors (Lipinski definition) is 2. The largest absolute Gasteiger partial charge is 0.355 e. The van der Waals surface area contributed by atoms with Crippen molar-refractivity contribution < 1.29 is 4.79 Å². The first kappa shape index (κ1) is 17.4. The summed E-state index contributed by atoms with van der Waals surface area (Å²) in [6.07, 6.45) is 5.08. The van der Waals surface area contributed by atoms with E-state index in [0.29, 0.717) is 12.5 Å². The van der Waals surface area contributed by atoms with Crippen LogP contribution in [0.15, 0.2) is 0 Å². The predicted octanol–water partition coefficient (Wildman–Crippen LogP) is 2.95. The topological polar surface area (TPSA) is 41.1 Å². The van der Waals surface area contributed by atoms with Gasteiger partial charge in [-0.3, -0.25) is 4.79 Å². The van der Waals surface area contributed by atoms with Gasteiger partial charge in [-0.25, -0.2) is 0 Å². The summed E-state index contributed by atoms with van der Waals surface area (Å²) >= 11 is 0. The molecule has 0 aliphatic rings. The minimum Gasteiger partial charge on any atom is -0.355 e. The molecule has 0 unspecified atom stereocenters. The molecule has 18 heavy (non-hydrogen) atoms. The minimum absolute atomic E-state index is 0.105. The van der Waals surface area contributed by atoms with E-state index in [2.05, 4.69) is 45.3 Å². The Labute approximate surface area is 113 Å². The van der Waals surface area contributed by atoms with Gasteiger partial charge in [0.1, 0.15) is 0 Å². The minimum atomic E-state index is 0.105. The van der Waals surface area contributed by atoms with Gasteiger partial charge in [0, 0.05) is 13.1 Å². The number of nitrogens with one attached hydrogen (secondary N) is 2. The second-order valence-electron chi connectivity index (χ2n) is 6.42. The van der Waals surface area contributed by atoms with E-state index in [0.717, 1.165) is 13.1 Å². The van der Waals surface area contributed by atoms with Crippen LogP contribution < -0.4 is 10.6 Å². The highest BCUT2D eigenvalue weighted by atomic mass is 16.1. The molecule has 0 heterocycles. The highest BCUT2D eigenvalue weighted by Crippen LogP contribution is 2.22. The fourth-order valence-corrected chi connectivity index (χ4v) is 1.84. The number of carbonyl (C=O) groups excluding carboxylic acids is 1. The summed E-state index contributed by atoms with van der Waals surface area (Å²) in [5, 5.41) is 6.18. The van der Waals surface area contributed by atoms with Gasteiger partial charge in [0.25, 0.3) is 0 Å². The zero-order chi connectivity index (χ0) is 14.0. The second-order valence-corrected chi connectivity index (χ2v) is 6.42. The lowest BCUT2D eigenvalue weighted by Gasteiger charge is -2.25. The van der Waals surface area contributed by atoms with E-state index < -0.39 is 0 Å². The molecule has 0 aliphatic carbocycles. The number of unbranched alkanes of at least 4 members (excludes halogenated alkanes) is 2. The first-order chi connectivity index (χ1) is 8.37. The van der Waals surface area contributed by atoms with Crippen LogP contribution in [0.1, 0.15) is 60.3 Å². The Morgan fingerprint density at radius 3 is 2.44 bits per heavy atom. The average molecular weight is 256 g/mol. The number of carbonyl (C=O) groups is 1. The van der Waals surface area contributed by atoms with Crippen molar-refractivity contribution in [2.24, 2.45) is 11.3 Å². The third kappa shape index (κ3) is 10.6. The van der Waals surface area contributed by atoms with E-state index in [-0.39, 0.29) is 11.3 Å². The van der Waals surface area contributed by atoms with Crippen LogP contribution in [0.25, 0.3) is 0 Å². The van der Waals surface area contributed by atoms with Gasteiger partial charge >= 0.3 is 0 Å². The first-order valence-corrected chi connectivity index (χ1v) is 7.35. The Hall–Kier alpha value is -0.570. The van der Waals surface area contributed by atoms with Crippen molar-refractivity contribution >= 4 is 5.91 Å². The molecule has 1 amide bonds. The first-order valence-electron chi connectivity index (χ1n) is 7.35. The summed E-state index contributed by atoms with van der Waals surface area (Å²) in [5.41, 5.74) is 0.285. The van der Waals surface area contributed by atoms with Crippen LogP contribution in [0.4, 0.5) is 0 Å². The lowest BCUT2D eigenvalue weighted by atomic mass is 9.87. The van der Waals surface area contributed by atoms with E-state index in [1.54, 1.807) is 0 Å². The Bertz CT molecular complexity index is 225. The Morgan fingerprint density at radius 1 is 1.22 bits per heavy atom. The van der Waals surface area contributed by atoms with Gasteiger partial charge in [-0.1, -0.05) is 53.9 Å². The third-order valence-electron chi connectivity index (χ3n) is 3.05. The summed E-state index contributed by atoms with van der Waals surface area (Å²) in [6, 6.07) is 0. The average Bonchev–Trinajstić information content (AvgIpc) is 2.26. The highest BCUT2D eigenvalue weighted by Gasteiger charge is 2.17. The summed E-state index contributed by atoms with van der Waals surface area (Å²) < 4.78 is 0. The van der Waals surface area contributed by atoms with Crippen molar-refractivity contribution in [2.45, 2.75) is 60.3 Å². The van der Waals surface area contributed by atoms with E-state index in [9.17, 15) is 4.79 Å². The zero-order valence-electron chi connectivity index (χ0n) is 12.9. The summed E-state index contributed by atoms with van der Waals surface area (Å²) in [6.45, 7) is 13.1. The molecule has 3 nitrogen and oxygen atoms in total. The van der Waals surface area contributed by atoms with Crippen LogP contribution in [0.3, 0.4) is 0 Å². The molecular formula is C15H32N2O. The molecule has 0 saturated heterocycles. The molecule has 0 aromatic heterocycles. The number of rotatable bonds is 10. The van der Waals surface area contributed by atoms with Gasteiger partial charge in [0.15, 0.2) is 0 Å². The maximum atomic E-state index is 11.5. The lowest BCUT2D eigenvalue weighted by Crippen LogP contribution is -2.39. The monoisotopic (exact) mass is 256 g/mol. The molecule has 0 saturated carbocycles. The SMILES string of the molecule is CCCCCC(C)(C)CNCC(=O)NCC(C)C. The maximum Gasteiger partial charge on any atom is 0.233 e. The van der Waals surface area contributed by atoms with Gasteiger partial charge in [-0.05, 0) is 17.8 Å². The van der Waals surface area contributed by atoms with Crippen molar-refractivity contribution in [3.8, 4) is 0 Å². The summed E-state index contributed by atoms with van der Waals surface area (Å²) in [7, 11) is 0. The molecule has 0 aliphatic heterocycles. The van der Waals surface area contributed by atoms with Gasteiger partial charge in [-0.2, -0.15) is 0 Å². The van der Waals surface area contributed by atoms with Crippen molar-refractivity contribution in [1.82, 2.24) is 10.6 Å². The van der Waals surface area contributed by atoms with E-state index in [4.69, 9.17) is 0 Å². The highest BCUT2D eigenvalue weighted by molar-refractivity contribution is 5.77. The molecule has 0 spiro atoms. The van der Waals surface area contributed by atoms with Crippen LogP contribution in [0, 0.1) is 11.3 Å². The molecule has 0 fully saturated rings. The van der Waals surface area contributed by atoms with E-state index in [1.165, 1.54) is 25.7 Å².